The van der Waals surface area contributed by atoms with Gasteiger partial charge >= 0.3 is 0 Å². The van der Waals surface area contributed by atoms with E-state index in [-0.39, 0.29) is 0 Å². The number of hydrogen-bond donors (Lipinski definition) is 3. The molecule has 1 aromatic carbocycles. The second-order valence-corrected chi connectivity index (χ2v) is 7.16. The van der Waals surface area contributed by atoms with Crippen LogP contribution in [0.5, 0.6) is 0 Å². The van der Waals surface area contributed by atoms with Gasteiger partial charge in [0.2, 0.25) is 11.9 Å². The van der Waals surface area contributed by atoms with E-state index in [1.54, 1.807) is 0 Å². The predicted octanol–water partition coefficient (Wildman–Crippen LogP) is 1.50. The second kappa shape index (κ2) is 4.86. The van der Waals surface area contributed by atoms with Gasteiger partial charge in [0, 0.05) is 43.0 Å². The Bertz CT molecular complexity index is 714. The number of nitrogens with zero attached hydrogens (tertiary/aromatic N) is 4. The molecule has 2 aliphatic heterocycles. The van der Waals surface area contributed by atoms with Crippen molar-refractivity contribution in [3.8, 4) is 0 Å². The summed E-state index contributed by atoms with van der Waals surface area (Å²) in [4.78, 5) is 8.98. The van der Waals surface area contributed by atoms with Gasteiger partial charge in [-0.1, -0.05) is 0 Å². The highest BCUT2D eigenvalue weighted by Gasteiger charge is 2.50. The highest BCUT2D eigenvalue weighted by Crippen LogP contribution is 2.43. The molecular formula is C16H23N7. The van der Waals surface area contributed by atoms with E-state index in [1.807, 2.05) is 0 Å². The highest BCUT2D eigenvalue weighted by atomic mass is 15.3. The number of benzene rings is 1. The zero-order valence-electron chi connectivity index (χ0n) is 13.8. The summed E-state index contributed by atoms with van der Waals surface area (Å²) in [6, 6.07) is 4.29. The third kappa shape index (κ3) is 2.41. The monoisotopic (exact) mass is 313 g/mol. The molecule has 2 aliphatic rings. The molecule has 0 atom stereocenters. The van der Waals surface area contributed by atoms with Gasteiger partial charge in [0.1, 0.15) is 0 Å². The van der Waals surface area contributed by atoms with Crippen molar-refractivity contribution in [2.45, 2.75) is 13.8 Å². The van der Waals surface area contributed by atoms with Crippen LogP contribution in [0.25, 0.3) is 0 Å². The number of anilines is 4. The van der Waals surface area contributed by atoms with Gasteiger partial charge in [0.15, 0.2) is 0 Å². The standard InChI is InChI=1S/C16H23N7/c1-10-4-12(18-15-19-14(17)20-21-15)5-11(2)13(10)23-8-16(9-23)6-22(3)7-16/h4-5H,6-9H2,1-3H3,(H4,17,18,19,20,21). The first-order chi connectivity index (χ1) is 10.9. The number of aromatic amines is 1. The van der Waals surface area contributed by atoms with Gasteiger partial charge in [-0.15, -0.1) is 5.10 Å². The van der Waals surface area contributed by atoms with Crippen molar-refractivity contribution in [2.75, 3.05) is 49.2 Å². The summed E-state index contributed by atoms with van der Waals surface area (Å²) in [6.45, 7) is 9.13. The van der Waals surface area contributed by atoms with Crippen molar-refractivity contribution in [3.63, 3.8) is 0 Å². The summed E-state index contributed by atoms with van der Waals surface area (Å²) >= 11 is 0. The molecule has 122 valence electrons. The lowest BCUT2D eigenvalue weighted by molar-refractivity contribution is -0.00249. The molecule has 2 aromatic rings. The number of hydrogen-bond acceptors (Lipinski definition) is 6. The average molecular weight is 313 g/mol. The number of aromatic nitrogens is 3. The maximum absolute atomic E-state index is 5.56. The van der Waals surface area contributed by atoms with Crippen LogP contribution in [-0.2, 0) is 0 Å². The zero-order valence-corrected chi connectivity index (χ0v) is 13.8. The molecule has 2 saturated heterocycles. The summed E-state index contributed by atoms with van der Waals surface area (Å²) < 4.78 is 0. The molecule has 1 aromatic heterocycles. The lowest BCUT2D eigenvalue weighted by atomic mass is 9.72. The van der Waals surface area contributed by atoms with E-state index >= 15 is 0 Å². The minimum absolute atomic E-state index is 0.314. The normalized spacial score (nSPS) is 19.5. The fourth-order valence-electron chi connectivity index (χ4n) is 4.21. The lowest BCUT2D eigenvalue weighted by Gasteiger charge is -2.60. The molecule has 2 fully saturated rings. The molecule has 0 aliphatic carbocycles. The third-order valence-corrected chi connectivity index (χ3v) is 4.83. The minimum Gasteiger partial charge on any atom is -0.370 e. The van der Waals surface area contributed by atoms with Crippen LogP contribution < -0.4 is 16.0 Å². The molecule has 1 spiro atoms. The molecule has 0 unspecified atom stereocenters. The SMILES string of the molecule is Cc1cc(Nc2n[nH]c(N)n2)cc(C)c1N1CC2(CN(C)C2)C1. The van der Waals surface area contributed by atoms with E-state index < -0.39 is 0 Å². The fraction of sp³-hybridized carbons (Fsp3) is 0.500. The van der Waals surface area contributed by atoms with E-state index in [2.05, 4.69) is 63.3 Å². The molecule has 23 heavy (non-hydrogen) atoms. The van der Waals surface area contributed by atoms with Gasteiger partial charge in [-0.3, -0.25) is 0 Å². The number of nitrogens with two attached hydrogens (primary N) is 1. The molecule has 0 bridgehead atoms. The summed E-state index contributed by atoms with van der Waals surface area (Å²) in [7, 11) is 2.20. The van der Waals surface area contributed by atoms with Crippen molar-refractivity contribution < 1.29 is 0 Å². The van der Waals surface area contributed by atoms with Crippen LogP contribution in [0, 0.1) is 19.3 Å². The number of aryl methyl sites for hydroxylation is 2. The van der Waals surface area contributed by atoms with Crippen molar-refractivity contribution in [2.24, 2.45) is 5.41 Å². The molecule has 4 N–H and O–H groups in total. The van der Waals surface area contributed by atoms with Crippen molar-refractivity contribution in [1.29, 1.82) is 0 Å². The molecule has 4 rings (SSSR count). The zero-order chi connectivity index (χ0) is 16.2. The Morgan fingerprint density at radius 1 is 1.17 bits per heavy atom. The van der Waals surface area contributed by atoms with Gasteiger partial charge in [0.25, 0.3) is 0 Å². The number of H-pyrrole nitrogens is 1. The van der Waals surface area contributed by atoms with E-state index in [0.29, 0.717) is 17.3 Å². The van der Waals surface area contributed by atoms with Gasteiger partial charge in [-0.2, -0.15) is 4.98 Å². The molecule has 0 radical (unpaired) electrons. The Hall–Kier alpha value is -2.28. The van der Waals surface area contributed by atoms with Crippen molar-refractivity contribution in [3.05, 3.63) is 23.3 Å². The molecule has 0 saturated carbocycles. The summed E-state index contributed by atoms with van der Waals surface area (Å²) in [5, 5.41) is 9.84. The first-order valence-corrected chi connectivity index (χ1v) is 7.94. The third-order valence-electron chi connectivity index (χ3n) is 4.83. The number of nitrogen functional groups attached to an aromatic ring is 1. The fourth-order valence-corrected chi connectivity index (χ4v) is 4.21. The number of rotatable bonds is 3. The van der Waals surface area contributed by atoms with Crippen LogP contribution in [0.15, 0.2) is 12.1 Å². The van der Waals surface area contributed by atoms with Gasteiger partial charge in [-0.05, 0) is 44.2 Å². The molecule has 3 heterocycles. The number of likely N-dealkylation sites (tertiary alicyclic amines) is 1. The quantitative estimate of drug-likeness (QED) is 0.796. The largest absolute Gasteiger partial charge is 0.370 e. The topological polar surface area (TPSA) is 86.1 Å². The van der Waals surface area contributed by atoms with Crippen molar-refractivity contribution >= 4 is 23.3 Å². The summed E-state index contributed by atoms with van der Waals surface area (Å²) in [6.07, 6.45) is 0. The maximum atomic E-state index is 5.56. The number of nitrogens with one attached hydrogen (secondary N) is 2. The van der Waals surface area contributed by atoms with E-state index in [1.165, 1.54) is 43.0 Å². The maximum Gasteiger partial charge on any atom is 0.248 e. The lowest BCUT2D eigenvalue weighted by Crippen LogP contribution is -2.71. The average Bonchev–Trinajstić information content (AvgIpc) is 2.78. The van der Waals surface area contributed by atoms with Crippen LogP contribution >= 0.6 is 0 Å². The smallest absolute Gasteiger partial charge is 0.248 e. The summed E-state index contributed by atoms with van der Waals surface area (Å²) in [5.41, 5.74) is 11.0. The molecule has 7 nitrogen and oxygen atoms in total. The van der Waals surface area contributed by atoms with E-state index in [0.717, 1.165) is 5.69 Å². The van der Waals surface area contributed by atoms with E-state index in [4.69, 9.17) is 5.73 Å². The minimum atomic E-state index is 0.314. The first kappa shape index (κ1) is 14.3. The van der Waals surface area contributed by atoms with Crippen LogP contribution in [-0.4, -0.2) is 53.3 Å². The van der Waals surface area contributed by atoms with Crippen LogP contribution in [0.3, 0.4) is 0 Å². The Labute approximate surface area is 135 Å². The first-order valence-electron chi connectivity index (χ1n) is 7.94. The Kier molecular flexibility index (Phi) is 3.02. The molecule has 0 amide bonds. The Balaban J connectivity index is 1.51. The summed E-state index contributed by atoms with van der Waals surface area (Å²) in [5.74, 6) is 0.809. The Morgan fingerprint density at radius 2 is 1.83 bits per heavy atom. The van der Waals surface area contributed by atoms with Gasteiger partial charge < -0.3 is 20.9 Å². The second-order valence-electron chi connectivity index (χ2n) is 7.16. The van der Waals surface area contributed by atoms with Crippen molar-refractivity contribution in [1.82, 2.24) is 20.1 Å². The van der Waals surface area contributed by atoms with Gasteiger partial charge in [0.05, 0.1) is 0 Å². The molecular weight excluding hydrogens is 290 g/mol. The predicted molar refractivity (Wildman–Crippen MR) is 92.1 cm³/mol. The van der Waals surface area contributed by atoms with E-state index in [9.17, 15) is 0 Å². The van der Waals surface area contributed by atoms with Crippen LogP contribution in [0.1, 0.15) is 11.1 Å². The highest BCUT2D eigenvalue weighted by molar-refractivity contribution is 5.69. The van der Waals surface area contributed by atoms with Crippen LogP contribution in [0.2, 0.25) is 0 Å². The van der Waals surface area contributed by atoms with Gasteiger partial charge in [-0.25, -0.2) is 5.10 Å². The van der Waals surface area contributed by atoms with Crippen LogP contribution in [0.4, 0.5) is 23.3 Å². The Morgan fingerprint density at radius 3 is 2.35 bits per heavy atom. The molecule has 7 heteroatoms.